The van der Waals surface area contributed by atoms with Crippen molar-refractivity contribution in [2.75, 3.05) is 11.9 Å². The predicted octanol–water partition coefficient (Wildman–Crippen LogP) is 1.29. The minimum Gasteiger partial charge on any atom is -0.460 e. The van der Waals surface area contributed by atoms with Crippen LogP contribution < -0.4 is 5.32 Å². The Kier molecular flexibility index (Phi) is 5.19. The number of aliphatic hydroxyl groups is 1. The lowest BCUT2D eigenvalue weighted by atomic mass is 10.2. The van der Waals surface area contributed by atoms with Crippen molar-refractivity contribution in [3.8, 4) is 0 Å². The number of nitrogens with one attached hydrogen (secondary N) is 1. The average molecular weight is 397 g/mol. The van der Waals surface area contributed by atoms with E-state index >= 15 is 0 Å². The van der Waals surface area contributed by atoms with Gasteiger partial charge in [-0.05, 0) is 12.1 Å². The van der Waals surface area contributed by atoms with Gasteiger partial charge in [-0.2, -0.15) is 0 Å². The third-order valence-electron chi connectivity index (χ3n) is 4.61. The summed E-state index contributed by atoms with van der Waals surface area (Å²) in [4.78, 5) is 36.4. The number of amides is 1. The standard InChI is InChI=1S/C19H19N5O5/c1-11(26)28-13-7-15(29-14(13)8-25)24-10-22-16-17(20-9-21-18(16)24)23-19(27)12-5-3-2-4-6-12/h2-6,9-10,13-15,25H,7-8H2,1H3,(H,20,21,23,27)/t13-,14+,15+/m0/s1. The first-order chi connectivity index (χ1) is 14.1. The van der Waals surface area contributed by atoms with Crippen LogP contribution in [0.5, 0.6) is 0 Å². The first-order valence-corrected chi connectivity index (χ1v) is 9.04. The van der Waals surface area contributed by atoms with E-state index in [1.807, 2.05) is 6.07 Å². The Labute approximate surface area is 165 Å². The molecule has 3 atom stereocenters. The normalized spacial score (nSPS) is 21.2. The number of aromatic nitrogens is 4. The molecule has 1 saturated heterocycles. The molecule has 1 fully saturated rings. The van der Waals surface area contributed by atoms with Gasteiger partial charge in [-0.1, -0.05) is 18.2 Å². The van der Waals surface area contributed by atoms with Crippen LogP contribution >= 0.6 is 0 Å². The van der Waals surface area contributed by atoms with Gasteiger partial charge in [0.25, 0.3) is 5.91 Å². The molecule has 3 aromatic rings. The molecule has 0 aliphatic carbocycles. The maximum atomic E-state index is 12.4. The van der Waals surface area contributed by atoms with Crippen molar-refractivity contribution in [2.45, 2.75) is 31.8 Å². The number of benzene rings is 1. The van der Waals surface area contributed by atoms with Crippen molar-refractivity contribution in [1.29, 1.82) is 0 Å². The van der Waals surface area contributed by atoms with E-state index in [1.165, 1.54) is 19.6 Å². The largest absolute Gasteiger partial charge is 0.460 e. The number of imidazole rings is 1. The molecule has 2 aromatic heterocycles. The van der Waals surface area contributed by atoms with Gasteiger partial charge in [-0.3, -0.25) is 14.2 Å². The van der Waals surface area contributed by atoms with Crippen LogP contribution in [0.3, 0.4) is 0 Å². The summed E-state index contributed by atoms with van der Waals surface area (Å²) < 4.78 is 12.7. The first kappa shape index (κ1) is 19.0. The average Bonchev–Trinajstić information content (AvgIpc) is 3.32. The molecule has 0 saturated carbocycles. The van der Waals surface area contributed by atoms with E-state index in [4.69, 9.17) is 9.47 Å². The lowest BCUT2D eigenvalue weighted by Crippen LogP contribution is -2.29. The fourth-order valence-electron chi connectivity index (χ4n) is 3.30. The Hall–Kier alpha value is -3.37. The van der Waals surface area contributed by atoms with Crippen molar-refractivity contribution in [2.24, 2.45) is 0 Å². The molecule has 0 spiro atoms. The van der Waals surface area contributed by atoms with Crippen LogP contribution in [-0.2, 0) is 14.3 Å². The number of hydrogen-bond donors (Lipinski definition) is 2. The highest BCUT2D eigenvalue weighted by Gasteiger charge is 2.38. The lowest BCUT2D eigenvalue weighted by Gasteiger charge is -2.15. The minimum atomic E-state index is -0.638. The van der Waals surface area contributed by atoms with E-state index in [1.54, 1.807) is 28.8 Å². The van der Waals surface area contributed by atoms with Crippen LogP contribution in [0.15, 0.2) is 43.0 Å². The molecule has 2 N–H and O–H groups in total. The quantitative estimate of drug-likeness (QED) is 0.616. The van der Waals surface area contributed by atoms with E-state index in [0.29, 0.717) is 23.1 Å². The van der Waals surface area contributed by atoms with E-state index in [0.717, 1.165) is 0 Å². The molecular weight excluding hydrogens is 378 g/mol. The van der Waals surface area contributed by atoms with E-state index < -0.39 is 24.4 Å². The van der Waals surface area contributed by atoms with Crippen molar-refractivity contribution in [3.05, 3.63) is 48.5 Å². The summed E-state index contributed by atoms with van der Waals surface area (Å²) in [6.45, 7) is 1.03. The summed E-state index contributed by atoms with van der Waals surface area (Å²) in [5, 5.41) is 12.3. The van der Waals surface area contributed by atoms with Crippen LogP contribution in [0.2, 0.25) is 0 Å². The lowest BCUT2D eigenvalue weighted by molar-refractivity contribution is -0.150. The van der Waals surface area contributed by atoms with E-state index in [-0.39, 0.29) is 18.3 Å². The van der Waals surface area contributed by atoms with Crippen LogP contribution in [0.25, 0.3) is 11.2 Å². The summed E-state index contributed by atoms with van der Waals surface area (Å²) >= 11 is 0. The molecule has 29 heavy (non-hydrogen) atoms. The van der Waals surface area contributed by atoms with Crippen molar-refractivity contribution in [1.82, 2.24) is 19.5 Å². The van der Waals surface area contributed by atoms with Crippen molar-refractivity contribution in [3.63, 3.8) is 0 Å². The molecule has 1 amide bonds. The number of ether oxygens (including phenoxy) is 2. The summed E-state index contributed by atoms with van der Waals surface area (Å²) in [5.74, 6) is -0.482. The maximum Gasteiger partial charge on any atom is 0.302 e. The number of anilines is 1. The topological polar surface area (TPSA) is 128 Å². The Balaban J connectivity index is 1.59. The third-order valence-corrected chi connectivity index (χ3v) is 4.61. The number of esters is 1. The highest BCUT2D eigenvalue weighted by atomic mass is 16.6. The number of carbonyl (C=O) groups is 2. The molecule has 4 rings (SSSR count). The summed E-state index contributed by atoms with van der Waals surface area (Å²) in [5.41, 5.74) is 1.35. The van der Waals surface area contributed by atoms with Gasteiger partial charge in [0.1, 0.15) is 24.8 Å². The number of rotatable bonds is 5. The number of aliphatic hydroxyl groups excluding tert-OH is 1. The van der Waals surface area contributed by atoms with Gasteiger partial charge in [0.2, 0.25) is 0 Å². The molecule has 0 unspecified atom stereocenters. The fourth-order valence-corrected chi connectivity index (χ4v) is 3.30. The first-order valence-electron chi connectivity index (χ1n) is 9.04. The highest BCUT2D eigenvalue weighted by molar-refractivity contribution is 6.06. The van der Waals surface area contributed by atoms with Gasteiger partial charge < -0.3 is 19.9 Å². The van der Waals surface area contributed by atoms with Crippen LogP contribution in [0.4, 0.5) is 5.82 Å². The van der Waals surface area contributed by atoms with Gasteiger partial charge >= 0.3 is 5.97 Å². The van der Waals surface area contributed by atoms with Gasteiger partial charge in [0, 0.05) is 18.9 Å². The van der Waals surface area contributed by atoms with E-state index in [2.05, 4.69) is 20.3 Å². The van der Waals surface area contributed by atoms with Gasteiger partial charge in [-0.25, -0.2) is 15.0 Å². The Morgan fingerprint density at radius 2 is 2.07 bits per heavy atom. The smallest absolute Gasteiger partial charge is 0.302 e. The third kappa shape index (κ3) is 3.80. The molecule has 3 heterocycles. The second-order valence-electron chi connectivity index (χ2n) is 6.56. The van der Waals surface area contributed by atoms with Crippen molar-refractivity contribution >= 4 is 28.9 Å². The number of nitrogens with zero attached hydrogens (tertiary/aromatic N) is 4. The molecule has 1 aliphatic rings. The molecule has 10 nitrogen and oxygen atoms in total. The number of hydrogen-bond acceptors (Lipinski definition) is 8. The number of fused-ring (bicyclic) bond motifs is 1. The molecule has 0 radical (unpaired) electrons. The predicted molar refractivity (Wildman–Crippen MR) is 101 cm³/mol. The Morgan fingerprint density at radius 1 is 1.28 bits per heavy atom. The molecule has 1 aromatic carbocycles. The van der Waals surface area contributed by atoms with Gasteiger partial charge in [0.15, 0.2) is 17.0 Å². The van der Waals surface area contributed by atoms with Crippen molar-refractivity contribution < 1.29 is 24.2 Å². The molecule has 10 heteroatoms. The number of carbonyl (C=O) groups excluding carboxylic acids is 2. The van der Waals surface area contributed by atoms with Crippen LogP contribution in [-0.4, -0.2) is 55.3 Å². The minimum absolute atomic E-state index is 0.274. The van der Waals surface area contributed by atoms with Gasteiger partial charge in [0.05, 0.1) is 12.9 Å². The second kappa shape index (κ2) is 7.94. The SMILES string of the molecule is CC(=O)O[C@H]1C[C@H](n2cnc3c(NC(=O)c4ccccc4)ncnc32)O[C@@H]1CO. The van der Waals surface area contributed by atoms with E-state index in [9.17, 15) is 14.7 Å². The zero-order chi connectivity index (χ0) is 20.4. The zero-order valence-corrected chi connectivity index (χ0v) is 15.6. The summed E-state index contributed by atoms with van der Waals surface area (Å²) in [7, 11) is 0. The highest BCUT2D eigenvalue weighted by Crippen LogP contribution is 2.33. The summed E-state index contributed by atoms with van der Waals surface area (Å²) in [6, 6.07) is 8.76. The molecule has 1 aliphatic heterocycles. The Morgan fingerprint density at radius 3 is 2.79 bits per heavy atom. The molecular formula is C19H19N5O5. The Bertz CT molecular complexity index is 1040. The summed E-state index contributed by atoms with van der Waals surface area (Å²) in [6.07, 6.45) is 1.44. The fraction of sp³-hybridized carbons (Fsp3) is 0.316. The monoisotopic (exact) mass is 397 g/mol. The maximum absolute atomic E-state index is 12.4. The van der Waals surface area contributed by atoms with Gasteiger partial charge in [-0.15, -0.1) is 0 Å². The molecule has 0 bridgehead atoms. The zero-order valence-electron chi connectivity index (χ0n) is 15.6. The van der Waals surface area contributed by atoms with Crippen LogP contribution in [0.1, 0.15) is 29.9 Å². The second-order valence-corrected chi connectivity index (χ2v) is 6.56. The molecule has 150 valence electrons. The van der Waals surface area contributed by atoms with Crippen LogP contribution in [0, 0.1) is 0 Å².